The van der Waals surface area contributed by atoms with Crippen molar-refractivity contribution in [2.75, 3.05) is 0 Å². The third kappa shape index (κ3) is 3.88. The van der Waals surface area contributed by atoms with Crippen molar-refractivity contribution in [3.8, 4) is 0 Å². The van der Waals surface area contributed by atoms with Crippen molar-refractivity contribution in [3.05, 3.63) is 32.7 Å². The first-order chi connectivity index (χ1) is 8.32. The van der Waals surface area contributed by atoms with Gasteiger partial charge < -0.3 is 4.74 Å². The van der Waals surface area contributed by atoms with Gasteiger partial charge in [0.25, 0.3) is 6.17 Å². The second-order valence-corrected chi connectivity index (χ2v) is 5.61. The van der Waals surface area contributed by atoms with Crippen molar-refractivity contribution < 1.29 is 18.7 Å². The van der Waals surface area contributed by atoms with Crippen LogP contribution in [-0.2, 0) is 9.53 Å². The molecule has 0 bridgehead atoms. The minimum atomic E-state index is -2.30. The molecule has 0 spiro atoms. The molecule has 0 radical (unpaired) electrons. The molecule has 0 saturated heterocycles. The molecule has 98 valence electrons. The SMILES string of the molecule is CC(C)OC(=O)C(F)C(=O)c1ccc(Br)cc1Br. The topological polar surface area (TPSA) is 43.4 Å². The number of esters is 1. The molecule has 0 aliphatic rings. The van der Waals surface area contributed by atoms with Crippen molar-refractivity contribution in [1.82, 2.24) is 0 Å². The van der Waals surface area contributed by atoms with Gasteiger partial charge in [-0.1, -0.05) is 31.9 Å². The highest BCUT2D eigenvalue weighted by Gasteiger charge is 2.30. The number of carbonyl (C=O) groups is 2. The van der Waals surface area contributed by atoms with Crippen LogP contribution >= 0.6 is 31.9 Å². The largest absolute Gasteiger partial charge is 0.460 e. The van der Waals surface area contributed by atoms with Gasteiger partial charge in [0.2, 0.25) is 5.78 Å². The van der Waals surface area contributed by atoms with E-state index < -0.39 is 24.0 Å². The number of Topliss-reactive ketones (excluding diaryl/α,β-unsaturated/α-hetero) is 1. The van der Waals surface area contributed by atoms with Crippen LogP contribution in [0.1, 0.15) is 24.2 Å². The Morgan fingerprint density at radius 3 is 2.39 bits per heavy atom. The van der Waals surface area contributed by atoms with E-state index in [1.54, 1.807) is 26.0 Å². The molecule has 0 amide bonds. The molecular formula is C12H11Br2FO3. The van der Waals surface area contributed by atoms with Crippen LogP contribution in [0, 0.1) is 0 Å². The molecule has 18 heavy (non-hydrogen) atoms. The summed E-state index contributed by atoms with van der Waals surface area (Å²) in [5.74, 6) is -2.08. The quantitative estimate of drug-likeness (QED) is 0.454. The minimum Gasteiger partial charge on any atom is -0.460 e. The predicted molar refractivity (Wildman–Crippen MR) is 72.3 cm³/mol. The molecule has 0 saturated carbocycles. The number of hydrogen-bond acceptors (Lipinski definition) is 3. The molecule has 0 N–H and O–H groups in total. The average molecular weight is 382 g/mol. The van der Waals surface area contributed by atoms with E-state index in [9.17, 15) is 14.0 Å². The molecule has 0 heterocycles. The lowest BCUT2D eigenvalue weighted by molar-refractivity contribution is -0.151. The van der Waals surface area contributed by atoms with Gasteiger partial charge in [-0.25, -0.2) is 9.18 Å². The third-order valence-electron chi connectivity index (χ3n) is 1.99. The summed E-state index contributed by atoms with van der Waals surface area (Å²) in [7, 11) is 0. The van der Waals surface area contributed by atoms with Gasteiger partial charge in [-0.05, 0) is 32.0 Å². The molecule has 1 rings (SSSR count). The van der Waals surface area contributed by atoms with E-state index in [-0.39, 0.29) is 5.56 Å². The maximum Gasteiger partial charge on any atom is 0.349 e. The number of ether oxygens (including phenoxy) is 1. The molecule has 0 aromatic heterocycles. The fourth-order valence-electron chi connectivity index (χ4n) is 1.22. The molecule has 3 nitrogen and oxygen atoms in total. The smallest absolute Gasteiger partial charge is 0.349 e. The van der Waals surface area contributed by atoms with Crippen LogP contribution in [0.25, 0.3) is 0 Å². The van der Waals surface area contributed by atoms with E-state index in [4.69, 9.17) is 0 Å². The van der Waals surface area contributed by atoms with Gasteiger partial charge in [-0.15, -0.1) is 0 Å². The highest BCUT2D eigenvalue weighted by atomic mass is 79.9. The summed E-state index contributed by atoms with van der Waals surface area (Å²) >= 11 is 6.36. The van der Waals surface area contributed by atoms with Crippen molar-refractivity contribution in [2.24, 2.45) is 0 Å². The maximum atomic E-state index is 13.7. The number of halogens is 3. The van der Waals surface area contributed by atoms with E-state index >= 15 is 0 Å². The summed E-state index contributed by atoms with van der Waals surface area (Å²) < 4.78 is 19.5. The van der Waals surface area contributed by atoms with Crippen LogP contribution in [-0.4, -0.2) is 24.0 Å². The van der Waals surface area contributed by atoms with Gasteiger partial charge in [-0.2, -0.15) is 0 Å². The molecule has 1 aromatic rings. The summed E-state index contributed by atoms with van der Waals surface area (Å²) in [6, 6.07) is 4.64. The Hall–Kier alpha value is -0.750. The lowest BCUT2D eigenvalue weighted by Crippen LogP contribution is -2.30. The molecule has 0 aliphatic heterocycles. The van der Waals surface area contributed by atoms with E-state index in [2.05, 4.69) is 36.6 Å². The number of ketones is 1. The number of benzene rings is 1. The maximum absolute atomic E-state index is 13.7. The first kappa shape index (κ1) is 15.3. The summed E-state index contributed by atoms with van der Waals surface area (Å²) in [6.07, 6.45) is -2.76. The van der Waals surface area contributed by atoms with E-state index in [1.165, 1.54) is 6.07 Å². The van der Waals surface area contributed by atoms with Gasteiger partial charge in [-0.3, -0.25) is 4.79 Å². The van der Waals surface area contributed by atoms with Gasteiger partial charge >= 0.3 is 5.97 Å². The van der Waals surface area contributed by atoms with Crippen LogP contribution in [0.2, 0.25) is 0 Å². The Morgan fingerprint density at radius 2 is 1.89 bits per heavy atom. The second-order valence-electron chi connectivity index (χ2n) is 3.84. The van der Waals surface area contributed by atoms with Crippen molar-refractivity contribution in [2.45, 2.75) is 26.1 Å². The van der Waals surface area contributed by atoms with Crippen LogP contribution in [0.15, 0.2) is 27.1 Å². The van der Waals surface area contributed by atoms with E-state index in [0.717, 1.165) is 4.47 Å². The highest BCUT2D eigenvalue weighted by molar-refractivity contribution is 9.11. The molecule has 1 atom stereocenters. The van der Waals surface area contributed by atoms with Crippen molar-refractivity contribution >= 4 is 43.6 Å². The van der Waals surface area contributed by atoms with Crippen LogP contribution < -0.4 is 0 Å². The number of hydrogen-bond donors (Lipinski definition) is 0. The van der Waals surface area contributed by atoms with Gasteiger partial charge in [0, 0.05) is 14.5 Å². The van der Waals surface area contributed by atoms with Crippen LogP contribution in [0.5, 0.6) is 0 Å². The fourth-order valence-corrected chi connectivity index (χ4v) is 2.47. The molecule has 1 unspecified atom stereocenters. The zero-order valence-electron chi connectivity index (χ0n) is 9.75. The molecule has 6 heteroatoms. The second kappa shape index (κ2) is 6.43. The minimum absolute atomic E-state index is 0.103. The third-order valence-corrected chi connectivity index (χ3v) is 3.13. The highest BCUT2D eigenvalue weighted by Crippen LogP contribution is 2.24. The lowest BCUT2D eigenvalue weighted by Gasteiger charge is -2.11. The van der Waals surface area contributed by atoms with Gasteiger partial charge in [0.15, 0.2) is 0 Å². The molecule has 0 aliphatic carbocycles. The fraction of sp³-hybridized carbons (Fsp3) is 0.333. The summed E-state index contributed by atoms with van der Waals surface area (Å²) in [5.41, 5.74) is 0.103. The van der Waals surface area contributed by atoms with E-state index in [1.807, 2.05) is 0 Å². The Kier molecular flexibility index (Phi) is 5.47. The Bertz CT molecular complexity index is 474. The zero-order valence-corrected chi connectivity index (χ0v) is 12.9. The van der Waals surface area contributed by atoms with Gasteiger partial charge in [0.1, 0.15) is 0 Å². The summed E-state index contributed by atoms with van der Waals surface area (Å²) in [5, 5.41) is 0. The average Bonchev–Trinajstić information content (AvgIpc) is 2.26. The monoisotopic (exact) mass is 380 g/mol. The van der Waals surface area contributed by atoms with Crippen LogP contribution in [0.4, 0.5) is 4.39 Å². The molecule has 1 aromatic carbocycles. The van der Waals surface area contributed by atoms with Crippen molar-refractivity contribution in [3.63, 3.8) is 0 Å². The molecular weight excluding hydrogens is 371 g/mol. The Balaban J connectivity index is 2.90. The molecule has 0 fully saturated rings. The lowest BCUT2D eigenvalue weighted by atomic mass is 10.1. The summed E-state index contributed by atoms with van der Waals surface area (Å²) in [6.45, 7) is 3.18. The number of rotatable bonds is 4. The number of carbonyl (C=O) groups excluding carboxylic acids is 2. The van der Waals surface area contributed by atoms with E-state index in [0.29, 0.717) is 4.47 Å². The standard InChI is InChI=1S/C12H11Br2FO3/c1-6(2)18-12(17)10(15)11(16)8-4-3-7(13)5-9(8)14/h3-6,10H,1-2H3. The predicted octanol–water partition coefficient (Wildman–Crippen LogP) is 3.68. The van der Waals surface area contributed by atoms with Gasteiger partial charge in [0.05, 0.1) is 6.10 Å². The summed E-state index contributed by atoms with van der Waals surface area (Å²) in [4.78, 5) is 23.1. The first-order valence-electron chi connectivity index (χ1n) is 5.16. The zero-order chi connectivity index (χ0) is 13.9. The normalized spacial score (nSPS) is 12.3. The first-order valence-corrected chi connectivity index (χ1v) is 6.75. The number of alkyl halides is 1. The Morgan fingerprint density at radius 1 is 1.28 bits per heavy atom. The van der Waals surface area contributed by atoms with Crippen molar-refractivity contribution in [1.29, 1.82) is 0 Å². The van der Waals surface area contributed by atoms with Crippen LogP contribution in [0.3, 0.4) is 0 Å². The Labute approximate surface area is 121 Å².